The van der Waals surface area contributed by atoms with Crippen LogP contribution in [0, 0.1) is 6.92 Å². The van der Waals surface area contributed by atoms with Crippen molar-refractivity contribution in [2.45, 2.75) is 38.7 Å². The highest BCUT2D eigenvalue weighted by atomic mass is 16.7. The number of quaternary nitrogens is 1. The van der Waals surface area contributed by atoms with Gasteiger partial charge in [-0.1, -0.05) is 0 Å². The SMILES string of the molecule is COc1ccc(-c2nc(CC3CCOC(C)([N+]4(C)CCN(C=O)CC4)O3)c(C)o2)cc1. The van der Waals surface area contributed by atoms with Crippen molar-refractivity contribution < 1.29 is 27.9 Å². The molecular weight excluding hydrogens is 398 g/mol. The van der Waals surface area contributed by atoms with Crippen molar-refractivity contribution in [2.24, 2.45) is 0 Å². The molecule has 8 nitrogen and oxygen atoms in total. The summed E-state index contributed by atoms with van der Waals surface area (Å²) in [6.45, 7) is 7.61. The molecule has 1 amide bonds. The smallest absolute Gasteiger partial charge is 0.316 e. The van der Waals surface area contributed by atoms with Crippen LogP contribution in [0.3, 0.4) is 0 Å². The fourth-order valence-corrected chi connectivity index (χ4v) is 4.33. The normalized spacial score (nSPS) is 25.9. The van der Waals surface area contributed by atoms with Crippen LogP contribution >= 0.6 is 0 Å². The number of hydrogen-bond donors (Lipinski definition) is 0. The highest BCUT2D eigenvalue weighted by Gasteiger charge is 2.52. The van der Waals surface area contributed by atoms with Crippen LogP contribution in [-0.4, -0.2) is 79.7 Å². The van der Waals surface area contributed by atoms with Crippen LogP contribution < -0.4 is 4.74 Å². The summed E-state index contributed by atoms with van der Waals surface area (Å²) in [5.74, 6) is 1.47. The first kappa shape index (κ1) is 21.8. The molecule has 168 valence electrons. The van der Waals surface area contributed by atoms with Gasteiger partial charge >= 0.3 is 5.91 Å². The number of nitrogens with zero attached hydrogens (tertiary/aromatic N) is 3. The number of aryl methyl sites for hydroxylation is 1. The van der Waals surface area contributed by atoms with E-state index >= 15 is 0 Å². The van der Waals surface area contributed by atoms with Crippen LogP contribution in [0.4, 0.5) is 0 Å². The average molecular weight is 431 g/mol. The number of piperazine rings is 1. The number of oxazole rings is 1. The maximum atomic E-state index is 11.1. The third kappa shape index (κ3) is 4.33. The number of carbonyl (C=O) groups excluding carboxylic acids is 1. The highest BCUT2D eigenvalue weighted by molar-refractivity contribution is 5.55. The third-order valence-electron chi connectivity index (χ3n) is 6.74. The predicted octanol–water partition coefficient (Wildman–Crippen LogP) is 2.60. The van der Waals surface area contributed by atoms with Gasteiger partial charge in [0.05, 0.1) is 45.7 Å². The van der Waals surface area contributed by atoms with Crippen LogP contribution in [0.2, 0.25) is 0 Å². The number of likely N-dealkylation sites (N-methyl/N-ethyl adjacent to an activating group) is 1. The number of amides is 1. The second kappa shape index (κ2) is 8.61. The second-order valence-electron chi connectivity index (χ2n) is 8.71. The van der Waals surface area contributed by atoms with Gasteiger partial charge in [-0.3, -0.25) is 14.0 Å². The maximum Gasteiger partial charge on any atom is 0.316 e. The Morgan fingerprint density at radius 2 is 2.00 bits per heavy atom. The van der Waals surface area contributed by atoms with Gasteiger partial charge in [0, 0.05) is 18.9 Å². The molecule has 1 aromatic carbocycles. The third-order valence-corrected chi connectivity index (χ3v) is 6.74. The zero-order valence-corrected chi connectivity index (χ0v) is 18.8. The van der Waals surface area contributed by atoms with Crippen LogP contribution in [0.15, 0.2) is 28.7 Å². The van der Waals surface area contributed by atoms with E-state index in [1.165, 1.54) is 0 Å². The van der Waals surface area contributed by atoms with Crippen LogP contribution in [0.5, 0.6) is 5.75 Å². The van der Waals surface area contributed by atoms with Gasteiger partial charge in [0.25, 0.3) is 0 Å². The van der Waals surface area contributed by atoms with Gasteiger partial charge in [0.2, 0.25) is 12.3 Å². The Balaban J connectivity index is 1.46. The minimum Gasteiger partial charge on any atom is -0.497 e. The van der Waals surface area contributed by atoms with E-state index in [1.54, 1.807) is 7.11 Å². The lowest BCUT2D eigenvalue weighted by Gasteiger charge is -2.53. The van der Waals surface area contributed by atoms with Gasteiger partial charge in [-0.05, 0) is 37.6 Å². The summed E-state index contributed by atoms with van der Waals surface area (Å²) in [5.41, 5.74) is 1.83. The topological polar surface area (TPSA) is 74.0 Å². The molecule has 0 N–H and O–H groups in total. The lowest BCUT2D eigenvalue weighted by Crippen LogP contribution is -2.71. The lowest BCUT2D eigenvalue weighted by molar-refractivity contribution is -1.01. The molecule has 4 rings (SSSR count). The van der Waals surface area contributed by atoms with Crippen molar-refractivity contribution in [3.8, 4) is 17.2 Å². The summed E-state index contributed by atoms with van der Waals surface area (Å²) < 4.78 is 24.5. The van der Waals surface area contributed by atoms with Gasteiger partial charge in [-0.2, -0.15) is 0 Å². The molecule has 2 unspecified atom stereocenters. The molecule has 0 bridgehead atoms. The largest absolute Gasteiger partial charge is 0.497 e. The quantitative estimate of drug-likeness (QED) is 0.518. The van der Waals surface area contributed by atoms with Crippen LogP contribution in [0.1, 0.15) is 24.8 Å². The van der Waals surface area contributed by atoms with Gasteiger partial charge in [-0.25, -0.2) is 4.98 Å². The minimum absolute atomic E-state index is 0.00896. The molecule has 8 heteroatoms. The molecule has 2 aliphatic heterocycles. The highest BCUT2D eigenvalue weighted by Crippen LogP contribution is 2.34. The van der Waals surface area contributed by atoms with Crippen molar-refractivity contribution >= 4 is 6.41 Å². The number of aromatic nitrogens is 1. The van der Waals surface area contributed by atoms with E-state index in [0.717, 1.165) is 48.7 Å². The summed E-state index contributed by atoms with van der Waals surface area (Å²) in [5, 5.41) is 0. The summed E-state index contributed by atoms with van der Waals surface area (Å²) in [6, 6.07) is 7.69. The second-order valence-corrected chi connectivity index (χ2v) is 8.71. The molecule has 2 atom stereocenters. The molecule has 2 aliphatic rings. The Morgan fingerprint density at radius 1 is 1.29 bits per heavy atom. The van der Waals surface area contributed by atoms with E-state index in [1.807, 2.05) is 43.0 Å². The van der Waals surface area contributed by atoms with Gasteiger partial charge in [-0.15, -0.1) is 0 Å². The Labute approximate surface area is 183 Å². The molecule has 31 heavy (non-hydrogen) atoms. The van der Waals surface area contributed by atoms with E-state index in [4.69, 9.17) is 23.6 Å². The lowest BCUT2D eigenvalue weighted by atomic mass is 10.1. The molecule has 3 heterocycles. The fraction of sp³-hybridized carbons (Fsp3) is 0.565. The number of rotatable bonds is 6. The fourth-order valence-electron chi connectivity index (χ4n) is 4.33. The first-order valence-electron chi connectivity index (χ1n) is 10.8. The van der Waals surface area contributed by atoms with Crippen LogP contribution in [0.25, 0.3) is 11.5 Å². The summed E-state index contributed by atoms with van der Waals surface area (Å²) in [4.78, 5) is 17.6. The van der Waals surface area contributed by atoms with E-state index in [2.05, 4.69) is 7.05 Å². The Hall–Kier alpha value is -2.42. The first-order valence-corrected chi connectivity index (χ1v) is 10.8. The molecule has 0 saturated carbocycles. The molecule has 1 aromatic heterocycles. The van der Waals surface area contributed by atoms with Gasteiger partial charge in [0.1, 0.15) is 24.6 Å². The van der Waals surface area contributed by atoms with Gasteiger partial charge in [0.15, 0.2) is 0 Å². The Bertz CT molecular complexity index is 904. The number of carbonyl (C=O) groups is 1. The van der Waals surface area contributed by atoms with E-state index in [-0.39, 0.29) is 6.10 Å². The zero-order valence-electron chi connectivity index (χ0n) is 18.8. The van der Waals surface area contributed by atoms with Crippen molar-refractivity contribution in [1.29, 1.82) is 0 Å². The Morgan fingerprint density at radius 3 is 2.65 bits per heavy atom. The maximum absolute atomic E-state index is 11.1. The van der Waals surface area contributed by atoms with Crippen molar-refractivity contribution in [3.05, 3.63) is 35.7 Å². The molecule has 0 spiro atoms. The monoisotopic (exact) mass is 430 g/mol. The summed E-state index contributed by atoms with van der Waals surface area (Å²) >= 11 is 0. The molecule has 2 fully saturated rings. The number of benzene rings is 1. The summed E-state index contributed by atoms with van der Waals surface area (Å²) in [6.07, 6.45) is 2.39. The van der Waals surface area contributed by atoms with Crippen LogP contribution in [-0.2, 0) is 20.7 Å². The average Bonchev–Trinajstić information content (AvgIpc) is 3.14. The van der Waals surface area contributed by atoms with E-state index < -0.39 is 5.91 Å². The van der Waals surface area contributed by atoms with Crippen molar-refractivity contribution in [1.82, 2.24) is 9.88 Å². The first-order chi connectivity index (χ1) is 14.9. The van der Waals surface area contributed by atoms with E-state index in [9.17, 15) is 4.79 Å². The number of ether oxygens (including phenoxy) is 3. The number of methoxy groups -OCH3 is 1. The zero-order chi connectivity index (χ0) is 22.1. The van der Waals surface area contributed by atoms with Gasteiger partial charge < -0.3 is 18.8 Å². The molecule has 0 aliphatic carbocycles. The molecule has 0 radical (unpaired) electrons. The standard InChI is InChI=1S/C23H32N3O5/c1-17-21(24-22(30-17)18-5-7-19(28-4)8-6-18)15-20-9-14-29-23(2,31-20)26(3)12-10-25(16-27)11-13-26/h5-8,16,20H,9-15H2,1-4H3/q+1. The summed E-state index contributed by atoms with van der Waals surface area (Å²) in [7, 11) is 3.79. The van der Waals surface area contributed by atoms with Crippen molar-refractivity contribution in [3.63, 3.8) is 0 Å². The number of hydrogen-bond acceptors (Lipinski definition) is 6. The molecule has 2 saturated heterocycles. The Kier molecular flexibility index (Phi) is 6.05. The molecular formula is C23H32N3O5+. The predicted molar refractivity (Wildman–Crippen MR) is 114 cm³/mol. The minimum atomic E-state index is -0.742. The molecule has 2 aromatic rings. The van der Waals surface area contributed by atoms with Crippen molar-refractivity contribution in [2.75, 3.05) is 46.9 Å². The van der Waals surface area contributed by atoms with E-state index in [0.29, 0.717) is 36.5 Å².